The molecule has 0 fully saturated rings. The van der Waals surface area contributed by atoms with E-state index in [1.54, 1.807) is 12.1 Å². The molecule has 2 amide bonds. The van der Waals surface area contributed by atoms with Crippen LogP contribution in [0.25, 0.3) is 0 Å². The number of carbonyl (C=O) groups is 3. The van der Waals surface area contributed by atoms with Gasteiger partial charge in [-0.15, -0.1) is 0 Å². The highest BCUT2D eigenvalue weighted by Gasteiger charge is 2.26. The smallest absolute Gasteiger partial charge is 0.243 e. The van der Waals surface area contributed by atoms with Crippen LogP contribution in [0.15, 0.2) is 60.7 Å². The van der Waals surface area contributed by atoms with Crippen LogP contribution in [-0.4, -0.2) is 35.4 Å². The molecule has 0 aliphatic carbocycles. The lowest BCUT2D eigenvalue weighted by Gasteiger charge is -2.26. The average molecular weight is 413 g/mol. The van der Waals surface area contributed by atoms with Gasteiger partial charge < -0.3 is 10.6 Å². The molecule has 6 heteroatoms. The molecule has 0 aliphatic heterocycles. The molecule has 2 aromatic carbocycles. The Morgan fingerprint density at radius 3 is 2.24 bits per heavy atom. The first-order valence-corrected chi connectivity index (χ1v) is 10.4. The van der Waals surface area contributed by atoms with E-state index >= 15 is 0 Å². The fourth-order valence-electron chi connectivity index (χ4n) is 3.19. The van der Waals surface area contributed by atoms with E-state index in [4.69, 9.17) is 0 Å². The molecule has 2 N–H and O–H groups in total. The van der Waals surface area contributed by atoms with Crippen molar-refractivity contribution in [3.63, 3.8) is 0 Å². The van der Waals surface area contributed by atoms with Crippen molar-refractivity contribution in [3.05, 3.63) is 71.8 Å². The summed E-state index contributed by atoms with van der Waals surface area (Å²) in [6.45, 7) is 2.02. The van der Waals surface area contributed by atoms with Gasteiger partial charge in [0.1, 0.15) is 6.04 Å². The molecule has 2 rings (SSSR count). The van der Waals surface area contributed by atoms with Gasteiger partial charge in [0.25, 0.3) is 0 Å². The van der Waals surface area contributed by atoms with Crippen molar-refractivity contribution in [1.29, 1.82) is 0 Å². The van der Waals surface area contributed by atoms with Crippen molar-refractivity contribution < 1.29 is 14.4 Å². The van der Waals surface area contributed by atoms with Gasteiger partial charge in [-0.3, -0.25) is 14.4 Å². The maximum atomic E-state index is 12.8. The molecular weight excluding hydrogens is 384 g/mol. The third kappa shape index (κ3) is 7.38. The number of Topliss-reactive ketones (excluding diaryl/α,β-unsaturated/α-hetero) is 1. The number of hydrogen-bond acceptors (Lipinski definition) is 4. The summed E-state index contributed by atoms with van der Waals surface area (Å²) >= 11 is 4.62. The van der Waals surface area contributed by atoms with Crippen molar-refractivity contribution in [2.24, 2.45) is 0 Å². The van der Waals surface area contributed by atoms with Gasteiger partial charge in [-0.2, -0.15) is 12.6 Å². The number of benzene rings is 2. The van der Waals surface area contributed by atoms with Crippen LogP contribution < -0.4 is 10.6 Å². The minimum Gasteiger partial charge on any atom is -0.350 e. The van der Waals surface area contributed by atoms with E-state index in [-0.39, 0.29) is 29.4 Å². The summed E-state index contributed by atoms with van der Waals surface area (Å²) in [4.78, 5) is 36.3. The summed E-state index contributed by atoms with van der Waals surface area (Å²) in [5.74, 6) is -0.279. The Morgan fingerprint density at radius 1 is 1.03 bits per heavy atom. The minimum atomic E-state index is -0.681. The number of rotatable bonds is 12. The molecular formula is C23H28N2O3S. The Balaban J connectivity index is 2.03. The number of thiol groups is 1. The molecule has 0 unspecified atom stereocenters. The molecule has 3 atom stereocenters. The van der Waals surface area contributed by atoms with Crippen molar-refractivity contribution in [2.45, 2.75) is 49.9 Å². The van der Waals surface area contributed by atoms with Crippen LogP contribution in [0, 0.1) is 0 Å². The molecule has 0 radical (unpaired) electrons. The molecule has 0 spiro atoms. The topological polar surface area (TPSA) is 75.3 Å². The highest BCUT2D eigenvalue weighted by Crippen LogP contribution is 2.16. The first kappa shape index (κ1) is 22.7. The molecule has 154 valence electrons. The van der Waals surface area contributed by atoms with Gasteiger partial charge in [-0.1, -0.05) is 74.0 Å². The highest BCUT2D eigenvalue weighted by molar-refractivity contribution is 7.81. The maximum Gasteiger partial charge on any atom is 0.243 e. The second-order valence-corrected chi connectivity index (χ2v) is 7.65. The number of hydrogen-bond donors (Lipinski definition) is 3. The second-order valence-electron chi connectivity index (χ2n) is 6.99. The van der Waals surface area contributed by atoms with Gasteiger partial charge in [-0.05, 0) is 12.0 Å². The van der Waals surface area contributed by atoms with E-state index < -0.39 is 6.04 Å². The summed E-state index contributed by atoms with van der Waals surface area (Å²) in [6, 6.07) is 17.6. The van der Waals surface area contributed by atoms with Crippen LogP contribution in [0.1, 0.15) is 42.1 Å². The van der Waals surface area contributed by atoms with Crippen LogP contribution >= 0.6 is 12.6 Å². The Bertz CT molecular complexity index is 783. The summed E-state index contributed by atoms with van der Waals surface area (Å²) in [5, 5.41) is 5.27. The molecule has 2 aromatic rings. The lowest BCUT2D eigenvalue weighted by molar-refractivity contribution is -0.126. The number of nitrogens with one attached hydrogen (secondary N) is 2. The van der Waals surface area contributed by atoms with Crippen molar-refractivity contribution in [3.8, 4) is 0 Å². The van der Waals surface area contributed by atoms with Crippen LogP contribution in [0.5, 0.6) is 0 Å². The summed E-state index contributed by atoms with van der Waals surface area (Å²) in [6.07, 6.45) is 2.69. The monoisotopic (exact) mass is 412 g/mol. The van der Waals surface area contributed by atoms with Gasteiger partial charge >= 0.3 is 0 Å². The van der Waals surface area contributed by atoms with Crippen molar-refractivity contribution in [1.82, 2.24) is 10.6 Å². The van der Waals surface area contributed by atoms with E-state index in [0.29, 0.717) is 24.8 Å². The number of carbonyl (C=O) groups excluding carboxylic acids is 3. The SMILES string of the molecule is CCC[C@H](NC(=O)[C@H](Cc1ccccc1)NC=O)[C@@H](S)CC(=O)c1ccccc1. The fourth-order valence-corrected chi connectivity index (χ4v) is 3.58. The predicted octanol–water partition coefficient (Wildman–Crippen LogP) is 3.20. The summed E-state index contributed by atoms with van der Waals surface area (Å²) in [7, 11) is 0. The number of amides is 2. The van der Waals surface area contributed by atoms with Gasteiger partial charge in [0.15, 0.2) is 5.78 Å². The largest absolute Gasteiger partial charge is 0.350 e. The molecule has 0 bridgehead atoms. The van der Waals surface area contributed by atoms with E-state index in [1.807, 2.05) is 55.5 Å². The molecule has 0 aliphatic rings. The van der Waals surface area contributed by atoms with Crippen LogP contribution in [0.3, 0.4) is 0 Å². The van der Waals surface area contributed by atoms with E-state index in [0.717, 1.165) is 12.0 Å². The molecule has 0 saturated carbocycles. The van der Waals surface area contributed by atoms with Gasteiger partial charge in [0, 0.05) is 29.7 Å². The Kier molecular flexibility index (Phi) is 9.44. The standard InChI is InChI=1S/C23H28N2O3S/c1-2-9-19(22(29)15-21(27)18-12-7-4-8-13-18)25-23(28)20(24-16-26)14-17-10-5-3-6-11-17/h3-8,10-13,16,19-20,22,29H,2,9,14-15H2,1H3,(H,24,26)(H,25,28)/t19-,20-,22-/m0/s1. The molecule has 29 heavy (non-hydrogen) atoms. The average Bonchev–Trinajstić information content (AvgIpc) is 2.74. The second kappa shape index (κ2) is 12.1. The first-order valence-electron chi connectivity index (χ1n) is 9.85. The van der Waals surface area contributed by atoms with Crippen LogP contribution in [-0.2, 0) is 16.0 Å². The fraction of sp³-hybridized carbons (Fsp3) is 0.348. The lowest BCUT2D eigenvalue weighted by atomic mass is 9.99. The van der Waals surface area contributed by atoms with E-state index in [1.165, 1.54) is 0 Å². The van der Waals surface area contributed by atoms with Crippen LogP contribution in [0.4, 0.5) is 0 Å². The molecule has 0 saturated heterocycles. The Hall–Kier alpha value is -2.60. The van der Waals surface area contributed by atoms with Crippen molar-refractivity contribution >= 4 is 30.7 Å². The zero-order valence-electron chi connectivity index (χ0n) is 16.6. The molecule has 5 nitrogen and oxygen atoms in total. The Labute approximate surface area is 177 Å². The van der Waals surface area contributed by atoms with Gasteiger partial charge in [0.05, 0.1) is 0 Å². The van der Waals surface area contributed by atoms with Gasteiger partial charge in [0.2, 0.25) is 12.3 Å². The predicted molar refractivity (Wildman–Crippen MR) is 118 cm³/mol. The summed E-state index contributed by atoms with van der Waals surface area (Å²) in [5.41, 5.74) is 1.59. The zero-order valence-corrected chi connectivity index (χ0v) is 17.5. The third-order valence-electron chi connectivity index (χ3n) is 4.75. The number of ketones is 1. The van der Waals surface area contributed by atoms with E-state index in [2.05, 4.69) is 23.3 Å². The highest BCUT2D eigenvalue weighted by atomic mass is 32.1. The van der Waals surface area contributed by atoms with Crippen molar-refractivity contribution in [2.75, 3.05) is 0 Å². The van der Waals surface area contributed by atoms with Gasteiger partial charge in [-0.25, -0.2) is 0 Å². The first-order chi connectivity index (χ1) is 14.0. The lowest BCUT2D eigenvalue weighted by Crippen LogP contribution is -2.51. The molecule has 0 aromatic heterocycles. The third-order valence-corrected chi connectivity index (χ3v) is 5.29. The zero-order chi connectivity index (χ0) is 21.1. The Morgan fingerprint density at radius 2 is 1.66 bits per heavy atom. The summed E-state index contributed by atoms with van der Waals surface area (Å²) < 4.78 is 0. The maximum absolute atomic E-state index is 12.8. The molecule has 0 heterocycles. The quantitative estimate of drug-likeness (QED) is 0.285. The minimum absolute atomic E-state index is 0.00666. The normalized spacial score (nSPS) is 13.7. The van der Waals surface area contributed by atoms with Crippen LogP contribution in [0.2, 0.25) is 0 Å². The van der Waals surface area contributed by atoms with E-state index in [9.17, 15) is 14.4 Å².